The molecule has 19 heavy (non-hydrogen) atoms. The van der Waals surface area contributed by atoms with E-state index >= 15 is 0 Å². The van der Waals surface area contributed by atoms with Crippen molar-refractivity contribution in [1.82, 2.24) is 5.32 Å². The number of carbonyl (C=O) groups is 1. The third-order valence-electron chi connectivity index (χ3n) is 3.97. The number of fused-ring (bicyclic) bond motifs is 1. The Balaban J connectivity index is 1.71. The number of thioether (sulfide) groups is 1. The van der Waals surface area contributed by atoms with E-state index in [1.807, 2.05) is 24.3 Å². The van der Waals surface area contributed by atoms with Crippen LogP contribution in [0.25, 0.3) is 0 Å². The van der Waals surface area contributed by atoms with Crippen molar-refractivity contribution in [2.75, 3.05) is 5.75 Å². The molecule has 1 aliphatic heterocycles. The normalized spacial score (nSPS) is 29.8. The molecule has 3 rings (SSSR count). The lowest BCUT2D eigenvalue weighted by Crippen LogP contribution is -2.39. The third-order valence-corrected chi connectivity index (χ3v) is 5.35. The fourth-order valence-electron chi connectivity index (χ4n) is 2.94. The van der Waals surface area contributed by atoms with Crippen molar-refractivity contribution < 1.29 is 9.90 Å². The number of carbonyl (C=O) groups excluding carboxylic acids is 1. The zero-order valence-electron chi connectivity index (χ0n) is 10.8. The van der Waals surface area contributed by atoms with E-state index in [1.54, 1.807) is 11.8 Å². The van der Waals surface area contributed by atoms with Crippen LogP contribution in [0.4, 0.5) is 0 Å². The second-order valence-electron chi connectivity index (χ2n) is 5.31. The molecule has 1 amide bonds. The summed E-state index contributed by atoms with van der Waals surface area (Å²) in [6.45, 7) is 0. The molecule has 4 heteroatoms. The van der Waals surface area contributed by atoms with E-state index in [-0.39, 0.29) is 17.2 Å². The highest BCUT2D eigenvalue weighted by molar-refractivity contribution is 8.00. The Labute approximate surface area is 117 Å². The van der Waals surface area contributed by atoms with Crippen molar-refractivity contribution in [3.8, 4) is 0 Å². The lowest BCUT2D eigenvalue weighted by Gasteiger charge is -2.24. The molecule has 1 aliphatic carbocycles. The average molecular weight is 277 g/mol. The maximum atomic E-state index is 12.3. The van der Waals surface area contributed by atoms with Crippen LogP contribution >= 0.6 is 11.8 Å². The highest BCUT2D eigenvalue weighted by Crippen LogP contribution is 2.32. The minimum atomic E-state index is -0.491. The summed E-state index contributed by atoms with van der Waals surface area (Å²) in [6.07, 6.45) is 3.45. The first-order chi connectivity index (χ1) is 9.25. The lowest BCUT2D eigenvalue weighted by atomic mass is 10.1. The summed E-state index contributed by atoms with van der Waals surface area (Å²) < 4.78 is 0. The van der Waals surface area contributed by atoms with Crippen LogP contribution in [0.5, 0.6) is 0 Å². The maximum absolute atomic E-state index is 12.3. The molecule has 0 radical (unpaired) electrons. The predicted molar refractivity (Wildman–Crippen MR) is 77.1 cm³/mol. The predicted octanol–water partition coefficient (Wildman–Crippen LogP) is 2.05. The molecule has 3 atom stereocenters. The second kappa shape index (κ2) is 5.55. The highest BCUT2D eigenvalue weighted by atomic mass is 32.2. The zero-order valence-corrected chi connectivity index (χ0v) is 11.7. The smallest absolute Gasteiger partial charge is 0.233 e. The molecule has 1 unspecified atom stereocenters. The molecule has 3 nitrogen and oxygen atoms in total. The number of amides is 1. The van der Waals surface area contributed by atoms with Gasteiger partial charge in [0.2, 0.25) is 5.91 Å². The zero-order chi connectivity index (χ0) is 13.2. The van der Waals surface area contributed by atoms with Crippen LogP contribution in [0, 0.1) is 0 Å². The molecule has 0 aromatic heterocycles. The van der Waals surface area contributed by atoms with Gasteiger partial charge in [0.05, 0.1) is 17.4 Å². The molecule has 1 aromatic carbocycles. The first kappa shape index (κ1) is 13.0. The molecule has 1 fully saturated rings. The monoisotopic (exact) mass is 277 g/mol. The maximum Gasteiger partial charge on any atom is 0.233 e. The van der Waals surface area contributed by atoms with Crippen LogP contribution in [0.3, 0.4) is 0 Å². The molecule has 1 saturated heterocycles. The van der Waals surface area contributed by atoms with Gasteiger partial charge < -0.3 is 10.4 Å². The molecule has 1 heterocycles. The minimum absolute atomic E-state index is 0.0636. The van der Waals surface area contributed by atoms with E-state index in [2.05, 4.69) is 5.32 Å². The van der Waals surface area contributed by atoms with Gasteiger partial charge in [-0.3, -0.25) is 4.79 Å². The average Bonchev–Trinajstić information content (AvgIpc) is 2.76. The van der Waals surface area contributed by atoms with Gasteiger partial charge in [0.1, 0.15) is 0 Å². The van der Waals surface area contributed by atoms with Crippen molar-refractivity contribution in [1.29, 1.82) is 0 Å². The fourth-order valence-corrected chi connectivity index (χ4v) is 4.15. The van der Waals surface area contributed by atoms with Gasteiger partial charge in [0, 0.05) is 6.42 Å². The number of rotatable bonds is 2. The highest BCUT2D eigenvalue weighted by Gasteiger charge is 2.33. The molecule has 1 aromatic rings. The Morgan fingerprint density at radius 1 is 1.32 bits per heavy atom. The van der Waals surface area contributed by atoms with Crippen molar-refractivity contribution >= 4 is 17.7 Å². The second-order valence-corrected chi connectivity index (χ2v) is 6.62. The quantitative estimate of drug-likeness (QED) is 0.870. The number of hydrogen-bond acceptors (Lipinski definition) is 3. The molecule has 102 valence electrons. The van der Waals surface area contributed by atoms with E-state index in [4.69, 9.17) is 0 Å². The van der Waals surface area contributed by atoms with Gasteiger partial charge in [-0.05, 0) is 29.7 Å². The van der Waals surface area contributed by atoms with E-state index in [1.165, 1.54) is 6.42 Å². The minimum Gasteiger partial charge on any atom is -0.390 e. The largest absolute Gasteiger partial charge is 0.390 e. The van der Waals surface area contributed by atoms with Crippen LogP contribution < -0.4 is 5.32 Å². The van der Waals surface area contributed by atoms with Crippen LogP contribution in [-0.2, 0) is 11.2 Å². The van der Waals surface area contributed by atoms with Crippen molar-refractivity contribution in [2.24, 2.45) is 0 Å². The Hall–Kier alpha value is -1.00. The van der Waals surface area contributed by atoms with Crippen LogP contribution in [0.2, 0.25) is 0 Å². The summed E-state index contributed by atoms with van der Waals surface area (Å²) in [5, 5.41) is 13.2. The van der Waals surface area contributed by atoms with Gasteiger partial charge in [0.15, 0.2) is 0 Å². The molecular weight excluding hydrogens is 258 g/mol. The van der Waals surface area contributed by atoms with Gasteiger partial charge in [-0.1, -0.05) is 30.7 Å². The lowest BCUT2D eigenvalue weighted by molar-refractivity contribution is -0.122. The number of nitrogens with one attached hydrogen (secondary N) is 1. The Morgan fingerprint density at radius 3 is 2.95 bits per heavy atom. The van der Waals surface area contributed by atoms with Gasteiger partial charge >= 0.3 is 0 Å². The Bertz CT molecular complexity index is 471. The third kappa shape index (κ3) is 2.65. The van der Waals surface area contributed by atoms with Crippen molar-refractivity contribution in [3.05, 3.63) is 35.4 Å². The molecule has 2 aliphatic rings. The number of aliphatic hydroxyl groups is 1. The summed E-state index contributed by atoms with van der Waals surface area (Å²) in [6, 6.07) is 7.74. The van der Waals surface area contributed by atoms with Crippen molar-refractivity contribution in [2.45, 2.75) is 43.1 Å². The number of aliphatic hydroxyl groups excluding tert-OH is 1. The standard InChI is InChI=1S/C15H19NO2S/c17-12-9-10-5-1-2-6-11(10)14(12)16-15(18)13-7-3-4-8-19-13/h1-2,5-6,12-14,17H,3-4,7-9H2,(H,16,18)/t12-,13?,14+/m0/s1. The summed E-state index contributed by atoms with van der Waals surface area (Å²) in [4.78, 5) is 12.3. The van der Waals surface area contributed by atoms with Gasteiger partial charge in [-0.25, -0.2) is 0 Å². The Kier molecular flexibility index (Phi) is 3.80. The number of benzene rings is 1. The molecule has 2 N–H and O–H groups in total. The first-order valence-electron chi connectivity index (χ1n) is 6.93. The van der Waals surface area contributed by atoms with Crippen molar-refractivity contribution in [3.63, 3.8) is 0 Å². The topological polar surface area (TPSA) is 49.3 Å². The SMILES string of the molecule is O=C(N[C@@H]1c2ccccc2C[C@@H]1O)C1CCCCS1. The summed E-state index contributed by atoms with van der Waals surface area (Å²) in [5.41, 5.74) is 2.22. The first-order valence-corrected chi connectivity index (χ1v) is 7.98. The summed E-state index contributed by atoms with van der Waals surface area (Å²) in [7, 11) is 0. The van der Waals surface area contributed by atoms with E-state index in [0.717, 1.165) is 29.7 Å². The summed E-state index contributed by atoms with van der Waals surface area (Å²) >= 11 is 1.74. The number of hydrogen-bond donors (Lipinski definition) is 2. The van der Waals surface area contributed by atoms with Crippen LogP contribution in [-0.4, -0.2) is 28.1 Å². The van der Waals surface area contributed by atoms with Gasteiger partial charge in [-0.15, -0.1) is 11.8 Å². The van der Waals surface area contributed by atoms with Crippen LogP contribution in [0.15, 0.2) is 24.3 Å². The molecule has 0 bridgehead atoms. The van der Waals surface area contributed by atoms with E-state index in [0.29, 0.717) is 6.42 Å². The molecule has 0 saturated carbocycles. The molecular formula is C15H19NO2S. The Morgan fingerprint density at radius 2 is 2.16 bits per heavy atom. The van der Waals surface area contributed by atoms with Gasteiger partial charge in [0.25, 0.3) is 0 Å². The van der Waals surface area contributed by atoms with E-state index < -0.39 is 6.10 Å². The van der Waals surface area contributed by atoms with E-state index in [9.17, 15) is 9.90 Å². The van der Waals surface area contributed by atoms with Gasteiger partial charge in [-0.2, -0.15) is 0 Å². The fraction of sp³-hybridized carbons (Fsp3) is 0.533. The molecule has 0 spiro atoms. The van der Waals surface area contributed by atoms with Crippen LogP contribution in [0.1, 0.15) is 36.4 Å². The summed E-state index contributed by atoms with van der Waals surface area (Å²) in [5.74, 6) is 1.16.